The van der Waals surface area contributed by atoms with Gasteiger partial charge < -0.3 is 10.6 Å². The van der Waals surface area contributed by atoms with E-state index in [2.05, 4.69) is 26.6 Å². The van der Waals surface area contributed by atoms with Crippen molar-refractivity contribution in [3.8, 4) is 0 Å². The van der Waals surface area contributed by atoms with Gasteiger partial charge in [-0.25, -0.2) is 0 Å². The smallest absolute Gasteiger partial charge is 0.234 e. The van der Waals surface area contributed by atoms with Crippen molar-refractivity contribution in [3.63, 3.8) is 0 Å². The maximum absolute atomic E-state index is 11.9. The van der Waals surface area contributed by atoms with Gasteiger partial charge in [0.2, 0.25) is 5.91 Å². The molecule has 1 saturated heterocycles. The second-order valence-corrected chi connectivity index (χ2v) is 6.97. The Morgan fingerprint density at radius 1 is 1.47 bits per heavy atom. The number of hydrogen-bond acceptors (Lipinski definition) is 3. The Balaban J connectivity index is 1.80. The number of carbonyl (C=O) groups excluding carboxylic acids is 1. The van der Waals surface area contributed by atoms with Crippen molar-refractivity contribution in [2.75, 3.05) is 24.2 Å². The highest BCUT2D eigenvalue weighted by Crippen LogP contribution is 2.22. The minimum Gasteiger partial charge on any atom is -0.325 e. The summed E-state index contributed by atoms with van der Waals surface area (Å²) in [7, 11) is 0. The number of halogens is 1. The summed E-state index contributed by atoms with van der Waals surface area (Å²) in [6.45, 7) is 4.15. The zero-order valence-electron chi connectivity index (χ0n) is 11.0. The monoisotopic (exact) mass is 342 g/mol. The molecule has 1 aromatic rings. The molecule has 1 aliphatic rings. The van der Waals surface area contributed by atoms with Crippen molar-refractivity contribution in [2.24, 2.45) is 0 Å². The first kappa shape index (κ1) is 14.9. The van der Waals surface area contributed by atoms with Crippen LogP contribution in [0.5, 0.6) is 0 Å². The predicted molar refractivity (Wildman–Crippen MR) is 85.9 cm³/mol. The van der Waals surface area contributed by atoms with Crippen molar-refractivity contribution >= 4 is 39.3 Å². The fourth-order valence-corrected chi connectivity index (χ4v) is 3.61. The van der Waals surface area contributed by atoms with Crippen LogP contribution in [0.2, 0.25) is 0 Å². The number of aryl methyl sites for hydroxylation is 1. The van der Waals surface area contributed by atoms with Gasteiger partial charge in [0, 0.05) is 15.4 Å². The summed E-state index contributed by atoms with van der Waals surface area (Å²) >= 11 is 5.20. The molecule has 1 aliphatic heterocycles. The first-order chi connectivity index (χ1) is 9.15. The van der Waals surface area contributed by atoms with Gasteiger partial charge in [-0.2, -0.15) is 0 Å². The van der Waals surface area contributed by atoms with Crippen molar-refractivity contribution in [1.82, 2.24) is 5.32 Å². The lowest BCUT2D eigenvalue weighted by Crippen LogP contribution is -2.30. The van der Waals surface area contributed by atoms with E-state index < -0.39 is 0 Å². The number of thioether (sulfide) groups is 1. The van der Waals surface area contributed by atoms with Gasteiger partial charge in [-0.3, -0.25) is 4.79 Å². The highest BCUT2D eigenvalue weighted by molar-refractivity contribution is 9.10. The second-order valence-electron chi connectivity index (χ2n) is 4.77. The first-order valence-corrected chi connectivity index (χ1v) is 8.37. The van der Waals surface area contributed by atoms with Crippen LogP contribution in [0.1, 0.15) is 18.4 Å². The first-order valence-electron chi connectivity index (χ1n) is 6.53. The summed E-state index contributed by atoms with van der Waals surface area (Å²) in [5.74, 6) is 0.633. The Labute approximate surface area is 127 Å². The summed E-state index contributed by atoms with van der Waals surface area (Å²) in [5.41, 5.74) is 1.98. The average Bonchev–Trinajstić information content (AvgIpc) is 2.41. The third kappa shape index (κ3) is 4.82. The maximum Gasteiger partial charge on any atom is 0.234 e. The third-order valence-electron chi connectivity index (χ3n) is 3.20. The van der Waals surface area contributed by atoms with Gasteiger partial charge in [0.15, 0.2) is 0 Å². The van der Waals surface area contributed by atoms with Gasteiger partial charge in [-0.1, -0.05) is 15.9 Å². The van der Waals surface area contributed by atoms with Crippen LogP contribution in [0, 0.1) is 6.92 Å². The van der Waals surface area contributed by atoms with E-state index in [0.717, 1.165) is 41.7 Å². The molecule has 2 N–H and O–H groups in total. The molecule has 0 aliphatic carbocycles. The molecule has 0 spiro atoms. The molecule has 1 amide bonds. The van der Waals surface area contributed by atoms with E-state index in [1.165, 1.54) is 0 Å². The van der Waals surface area contributed by atoms with E-state index >= 15 is 0 Å². The summed E-state index contributed by atoms with van der Waals surface area (Å²) in [6.07, 6.45) is 2.32. The minimum atomic E-state index is 0.0916. The van der Waals surface area contributed by atoms with E-state index in [0.29, 0.717) is 11.0 Å². The van der Waals surface area contributed by atoms with Crippen molar-refractivity contribution in [1.29, 1.82) is 0 Å². The topological polar surface area (TPSA) is 41.1 Å². The van der Waals surface area contributed by atoms with Gasteiger partial charge in [0.25, 0.3) is 0 Å². The molecule has 3 nitrogen and oxygen atoms in total. The number of piperidine rings is 1. The molecule has 0 bridgehead atoms. The van der Waals surface area contributed by atoms with Crippen LogP contribution in [0.3, 0.4) is 0 Å². The highest BCUT2D eigenvalue weighted by Gasteiger charge is 2.15. The number of nitrogens with one attached hydrogen (secondary N) is 2. The van der Waals surface area contributed by atoms with Gasteiger partial charge in [-0.05, 0) is 56.6 Å². The van der Waals surface area contributed by atoms with Crippen molar-refractivity contribution < 1.29 is 4.79 Å². The lowest BCUT2D eigenvalue weighted by Gasteiger charge is -2.21. The number of anilines is 1. The van der Waals surface area contributed by atoms with E-state index in [4.69, 9.17) is 0 Å². The number of amides is 1. The molecule has 5 heteroatoms. The van der Waals surface area contributed by atoms with E-state index in [9.17, 15) is 4.79 Å². The molecule has 104 valence electrons. The lowest BCUT2D eigenvalue weighted by atomic mass is 10.2. The largest absolute Gasteiger partial charge is 0.325 e. The van der Waals surface area contributed by atoms with E-state index in [1.807, 2.05) is 25.1 Å². The van der Waals surface area contributed by atoms with Crippen LogP contribution in [-0.4, -0.2) is 30.0 Å². The molecule has 2 rings (SSSR count). The second kappa shape index (κ2) is 7.31. The lowest BCUT2D eigenvalue weighted by molar-refractivity contribution is -0.113. The van der Waals surface area contributed by atoms with Crippen molar-refractivity contribution in [3.05, 3.63) is 28.2 Å². The molecular weight excluding hydrogens is 324 g/mol. The molecule has 0 unspecified atom stereocenters. The molecule has 1 heterocycles. The highest BCUT2D eigenvalue weighted by atomic mass is 79.9. The molecule has 0 saturated carbocycles. The Bertz CT molecular complexity index is 447. The predicted octanol–water partition coefficient (Wildman–Crippen LogP) is 3.18. The zero-order valence-corrected chi connectivity index (χ0v) is 13.4. The normalized spacial score (nSPS) is 16.3. The number of rotatable bonds is 4. The standard InChI is InChI=1S/C14H19BrN2OS/c1-10-8-11(15)2-3-13(10)17-14(18)9-19-12-4-6-16-7-5-12/h2-3,8,12,16H,4-7,9H2,1H3,(H,17,18). The summed E-state index contributed by atoms with van der Waals surface area (Å²) in [4.78, 5) is 11.9. The number of benzene rings is 1. The van der Waals surface area contributed by atoms with E-state index in [-0.39, 0.29) is 5.91 Å². The minimum absolute atomic E-state index is 0.0916. The number of hydrogen-bond donors (Lipinski definition) is 2. The molecule has 1 fully saturated rings. The van der Waals surface area contributed by atoms with Crippen LogP contribution >= 0.6 is 27.7 Å². The fourth-order valence-electron chi connectivity index (χ4n) is 2.11. The van der Waals surface area contributed by atoms with E-state index in [1.54, 1.807) is 11.8 Å². The van der Waals surface area contributed by atoms with Gasteiger partial charge in [0.1, 0.15) is 0 Å². The SMILES string of the molecule is Cc1cc(Br)ccc1NC(=O)CSC1CCNCC1. The molecule has 19 heavy (non-hydrogen) atoms. The van der Waals surface area contributed by atoms with Crippen LogP contribution in [0.25, 0.3) is 0 Å². The molecular formula is C14H19BrN2OS. The Morgan fingerprint density at radius 2 is 2.21 bits per heavy atom. The Morgan fingerprint density at radius 3 is 2.89 bits per heavy atom. The average molecular weight is 343 g/mol. The van der Waals surface area contributed by atoms with Gasteiger partial charge in [0.05, 0.1) is 5.75 Å². The van der Waals surface area contributed by atoms with Gasteiger partial charge in [-0.15, -0.1) is 11.8 Å². The fraction of sp³-hybridized carbons (Fsp3) is 0.500. The van der Waals surface area contributed by atoms with Crippen LogP contribution in [-0.2, 0) is 4.79 Å². The molecule has 0 aromatic heterocycles. The summed E-state index contributed by atoms with van der Waals surface area (Å²) in [5, 5.41) is 6.94. The zero-order chi connectivity index (χ0) is 13.7. The number of carbonyl (C=O) groups is 1. The molecule has 0 radical (unpaired) electrons. The Kier molecular flexibility index (Phi) is 5.73. The van der Waals surface area contributed by atoms with Gasteiger partial charge >= 0.3 is 0 Å². The van der Waals surface area contributed by atoms with Crippen LogP contribution < -0.4 is 10.6 Å². The maximum atomic E-state index is 11.9. The van der Waals surface area contributed by atoms with Crippen LogP contribution in [0.15, 0.2) is 22.7 Å². The third-order valence-corrected chi connectivity index (χ3v) is 5.06. The Hall–Kier alpha value is -0.520. The molecule has 1 aromatic carbocycles. The summed E-state index contributed by atoms with van der Waals surface area (Å²) < 4.78 is 1.03. The quantitative estimate of drug-likeness (QED) is 0.882. The van der Waals surface area contributed by atoms with Crippen molar-refractivity contribution in [2.45, 2.75) is 25.0 Å². The molecule has 0 atom stereocenters. The van der Waals surface area contributed by atoms with Crippen LogP contribution in [0.4, 0.5) is 5.69 Å². The summed E-state index contributed by atoms with van der Waals surface area (Å²) in [6, 6.07) is 5.89.